The summed E-state index contributed by atoms with van der Waals surface area (Å²) in [5.41, 5.74) is 3.36. The van der Waals surface area contributed by atoms with Crippen molar-refractivity contribution in [2.75, 3.05) is 20.3 Å². The fourth-order valence-electron chi connectivity index (χ4n) is 4.07. The zero-order valence-electron chi connectivity index (χ0n) is 14.4. The molecule has 1 N–H and O–H groups in total. The maximum atomic E-state index is 13.8. The highest BCUT2D eigenvalue weighted by atomic mass is 79.9. The van der Waals surface area contributed by atoms with Crippen LogP contribution in [0.25, 0.3) is 0 Å². The number of carbonyl (C=O) groups excluding carboxylic acids is 2. The molecule has 0 fully saturated rings. The molecule has 0 saturated carbocycles. The average molecular weight is 421 g/mol. The molecule has 26 heavy (non-hydrogen) atoms. The standard InChI is InChI=1S/C19H18BrFN2O3/c1-3-13-18-17(19(25)23(13)2)15(9-4-5-11(21)10(20)6-9)16-12(22-18)7-26-8-14(16)24/h4-6,13,15,22H,3,7-8H2,1-2H3/t13-,15-/m1/s1. The Bertz CT molecular complexity index is 893. The Morgan fingerprint density at radius 2 is 2.08 bits per heavy atom. The van der Waals surface area contributed by atoms with Crippen molar-refractivity contribution in [1.29, 1.82) is 0 Å². The van der Waals surface area contributed by atoms with E-state index in [0.29, 0.717) is 33.5 Å². The fraction of sp³-hybridized carbons (Fsp3) is 0.368. The molecular weight excluding hydrogens is 403 g/mol. The lowest BCUT2D eigenvalue weighted by Gasteiger charge is -2.33. The van der Waals surface area contributed by atoms with Crippen LogP contribution in [-0.2, 0) is 14.3 Å². The molecule has 3 aliphatic rings. The normalized spacial score (nSPS) is 25.5. The third kappa shape index (κ3) is 2.45. The molecule has 2 atom stereocenters. The van der Waals surface area contributed by atoms with E-state index in [2.05, 4.69) is 21.2 Å². The van der Waals surface area contributed by atoms with Crippen LogP contribution < -0.4 is 5.32 Å². The predicted molar refractivity (Wildman–Crippen MR) is 96.7 cm³/mol. The molecule has 0 unspecified atom stereocenters. The first kappa shape index (κ1) is 17.4. The summed E-state index contributed by atoms with van der Waals surface area (Å²) in [4.78, 5) is 27.3. The number of hydrogen-bond acceptors (Lipinski definition) is 4. The number of halogens is 2. The summed E-state index contributed by atoms with van der Waals surface area (Å²) in [5.74, 6) is -1.14. The van der Waals surface area contributed by atoms with Crippen LogP contribution in [-0.4, -0.2) is 42.9 Å². The van der Waals surface area contributed by atoms with Gasteiger partial charge in [0.05, 0.1) is 22.7 Å². The van der Waals surface area contributed by atoms with Crippen molar-refractivity contribution in [1.82, 2.24) is 10.2 Å². The van der Waals surface area contributed by atoms with Crippen molar-refractivity contribution in [3.63, 3.8) is 0 Å². The number of ether oxygens (including phenoxy) is 1. The maximum absolute atomic E-state index is 13.8. The Morgan fingerprint density at radius 3 is 2.77 bits per heavy atom. The summed E-state index contributed by atoms with van der Waals surface area (Å²) in [5, 5.41) is 3.30. The number of likely N-dealkylation sites (N-methyl/N-ethyl adjacent to an activating group) is 1. The Morgan fingerprint density at radius 1 is 1.31 bits per heavy atom. The van der Waals surface area contributed by atoms with Gasteiger partial charge in [0, 0.05) is 29.9 Å². The molecule has 136 valence electrons. The second-order valence-electron chi connectivity index (χ2n) is 6.71. The van der Waals surface area contributed by atoms with E-state index < -0.39 is 5.92 Å². The van der Waals surface area contributed by atoms with Gasteiger partial charge in [-0.25, -0.2) is 4.39 Å². The van der Waals surface area contributed by atoms with Crippen LogP contribution >= 0.6 is 15.9 Å². The molecule has 1 aromatic carbocycles. The molecule has 7 heteroatoms. The van der Waals surface area contributed by atoms with Crippen molar-refractivity contribution in [3.8, 4) is 0 Å². The second-order valence-corrected chi connectivity index (χ2v) is 7.56. The summed E-state index contributed by atoms with van der Waals surface area (Å²) in [6.07, 6.45) is 0.755. The lowest BCUT2D eigenvalue weighted by molar-refractivity contribution is -0.125. The Hall–Kier alpha value is -1.99. The number of amides is 1. The largest absolute Gasteiger partial charge is 0.367 e. The van der Waals surface area contributed by atoms with E-state index in [9.17, 15) is 14.0 Å². The number of dihydropyridines is 1. The van der Waals surface area contributed by atoms with Gasteiger partial charge in [-0.05, 0) is 40.0 Å². The van der Waals surface area contributed by atoms with Crippen molar-refractivity contribution < 1.29 is 18.7 Å². The number of carbonyl (C=O) groups is 2. The van der Waals surface area contributed by atoms with Gasteiger partial charge in [-0.15, -0.1) is 0 Å². The van der Waals surface area contributed by atoms with Gasteiger partial charge in [0.2, 0.25) is 0 Å². The van der Waals surface area contributed by atoms with E-state index >= 15 is 0 Å². The van der Waals surface area contributed by atoms with Gasteiger partial charge in [-0.3, -0.25) is 9.59 Å². The third-order valence-electron chi connectivity index (χ3n) is 5.27. The number of nitrogens with zero attached hydrogens (tertiary/aromatic N) is 1. The van der Waals surface area contributed by atoms with Gasteiger partial charge in [-0.2, -0.15) is 0 Å². The van der Waals surface area contributed by atoms with Gasteiger partial charge in [0.15, 0.2) is 5.78 Å². The minimum absolute atomic E-state index is 0.0107. The first-order valence-electron chi connectivity index (χ1n) is 8.51. The first-order chi connectivity index (χ1) is 12.4. The number of Topliss-reactive ketones (excluding diaryl/α,β-unsaturated/α-hetero) is 1. The topological polar surface area (TPSA) is 58.6 Å². The molecule has 0 saturated heterocycles. The summed E-state index contributed by atoms with van der Waals surface area (Å²) in [7, 11) is 1.77. The fourth-order valence-corrected chi connectivity index (χ4v) is 4.46. The molecule has 1 amide bonds. The molecular formula is C19H18BrFN2O3. The predicted octanol–water partition coefficient (Wildman–Crippen LogP) is 2.63. The van der Waals surface area contributed by atoms with Gasteiger partial charge < -0.3 is 15.0 Å². The van der Waals surface area contributed by atoms with Crippen LogP contribution in [0.4, 0.5) is 4.39 Å². The molecule has 0 radical (unpaired) electrons. The monoisotopic (exact) mass is 420 g/mol. The zero-order chi connectivity index (χ0) is 18.6. The highest BCUT2D eigenvalue weighted by Gasteiger charge is 2.47. The Kier molecular flexibility index (Phi) is 4.23. The molecule has 3 heterocycles. The van der Waals surface area contributed by atoms with E-state index in [1.165, 1.54) is 6.07 Å². The number of rotatable bonds is 2. The number of nitrogens with one attached hydrogen (secondary N) is 1. The van der Waals surface area contributed by atoms with Gasteiger partial charge >= 0.3 is 0 Å². The van der Waals surface area contributed by atoms with E-state index in [0.717, 1.165) is 12.1 Å². The van der Waals surface area contributed by atoms with E-state index in [-0.39, 0.29) is 30.2 Å². The summed E-state index contributed by atoms with van der Waals surface area (Å²) in [6.45, 7) is 2.30. The number of hydrogen-bond donors (Lipinski definition) is 1. The van der Waals surface area contributed by atoms with Crippen LogP contribution in [0.15, 0.2) is 45.2 Å². The summed E-state index contributed by atoms with van der Waals surface area (Å²) < 4.78 is 19.5. The third-order valence-corrected chi connectivity index (χ3v) is 5.88. The van der Waals surface area contributed by atoms with Crippen LogP contribution in [0.5, 0.6) is 0 Å². The quantitative estimate of drug-likeness (QED) is 0.798. The van der Waals surface area contributed by atoms with E-state index in [1.807, 2.05) is 6.92 Å². The molecule has 1 aromatic rings. The van der Waals surface area contributed by atoms with Crippen molar-refractivity contribution in [2.24, 2.45) is 0 Å². The van der Waals surface area contributed by atoms with Crippen LogP contribution in [0, 0.1) is 5.82 Å². The molecule has 0 aliphatic carbocycles. The maximum Gasteiger partial charge on any atom is 0.252 e. The highest BCUT2D eigenvalue weighted by Crippen LogP contribution is 2.45. The van der Waals surface area contributed by atoms with Crippen molar-refractivity contribution in [3.05, 3.63) is 56.6 Å². The molecule has 0 aromatic heterocycles. The molecule has 4 rings (SSSR count). The van der Waals surface area contributed by atoms with Crippen molar-refractivity contribution in [2.45, 2.75) is 25.3 Å². The molecule has 3 aliphatic heterocycles. The Labute approximate surface area is 159 Å². The lowest BCUT2D eigenvalue weighted by Crippen LogP contribution is -2.38. The van der Waals surface area contributed by atoms with E-state index in [4.69, 9.17) is 4.74 Å². The first-order valence-corrected chi connectivity index (χ1v) is 9.30. The smallest absolute Gasteiger partial charge is 0.252 e. The second kappa shape index (κ2) is 6.32. The van der Waals surface area contributed by atoms with Gasteiger partial charge in [0.1, 0.15) is 12.4 Å². The van der Waals surface area contributed by atoms with Crippen LogP contribution in [0.3, 0.4) is 0 Å². The molecule has 0 bridgehead atoms. The summed E-state index contributed by atoms with van der Waals surface area (Å²) >= 11 is 3.21. The number of benzene rings is 1. The van der Waals surface area contributed by atoms with Gasteiger partial charge in [-0.1, -0.05) is 13.0 Å². The molecule has 0 spiro atoms. The zero-order valence-corrected chi connectivity index (χ0v) is 16.0. The minimum Gasteiger partial charge on any atom is -0.367 e. The van der Waals surface area contributed by atoms with Gasteiger partial charge in [0.25, 0.3) is 5.91 Å². The summed E-state index contributed by atoms with van der Waals surface area (Å²) in [6, 6.07) is 4.57. The SMILES string of the molecule is CC[C@@H]1C2=C(C(=O)N1C)[C@H](c1ccc(F)c(Br)c1)C1=C(COCC1=O)N2. The minimum atomic E-state index is -0.513. The number of ketones is 1. The average Bonchev–Trinajstić information content (AvgIpc) is 2.86. The van der Waals surface area contributed by atoms with Crippen LogP contribution in [0.1, 0.15) is 24.8 Å². The van der Waals surface area contributed by atoms with E-state index in [1.54, 1.807) is 24.1 Å². The Balaban J connectivity index is 1.93. The van der Waals surface area contributed by atoms with Crippen LogP contribution in [0.2, 0.25) is 0 Å². The lowest BCUT2D eigenvalue weighted by atomic mass is 9.78. The highest BCUT2D eigenvalue weighted by molar-refractivity contribution is 9.10. The molecule has 5 nitrogen and oxygen atoms in total. The van der Waals surface area contributed by atoms with Crippen molar-refractivity contribution >= 4 is 27.6 Å².